The minimum Gasteiger partial charge on any atom is -0.461 e. The maximum Gasteiger partial charge on any atom is 0.364 e. The van der Waals surface area contributed by atoms with E-state index in [2.05, 4.69) is 5.10 Å². The lowest BCUT2D eigenvalue weighted by Gasteiger charge is -2.08. The number of benzene rings is 1. The molecule has 0 aliphatic heterocycles. The van der Waals surface area contributed by atoms with Crippen LogP contribution in [0.5, 0.6) is 0 Å². The molecule has 20 heavy (non-hydrogen) atoms. The normalized spacial score (nSPS) is 10.3. The molecule has 1 aromatic heterocycles. The lowest BCUT2D eigenvalue weighted by atomic mass is 10.3. The van der Waals surface area contributed by atoms with Gasteiger partial charge in [-0.2, -0.15) is 5.10 Å². The summed E-state index contributed by atoms with van der Waals surface area (Å²) in [6, 6.07) is 8.32. The summed E-state index contributed by atoms with van der Waals surface area (Å²) in [7, 11) is 1.37. The molecule has 7 nitrogen and oxygen atoms in total. The Morgan fingerprint density at radius 3 is 2.50 bits per heavy atom. The van der Waals surface area contributed by atoms with Crippen molar-refractivity contribution in [1.82, 2.24) is 14.3 Å². The number of ether oxygens (including phenoxy) is 1. The smallest absolute Gasteiger partial charge is 0.364 e. The molecule has 0 spiro atoms. The fourth-order valence-electron chi connectivity index (χ4n) is 1.71. The number of rotatable bonds is 3. The minimum atomic E-state index is -0.849. The van der Waals surface area contributed by atoms with Gasteiger partial charge < -0.3 is 4.74 Å². The number of carbonyl (C=O) groups is 1. The van der Waals surface area contributed by atoms with Gasteiger partial charge in [0.1, 0.15) is 0 Å². The van der Waals surface area contributed by atoms with Crippen LogP contribution in [-0.4, -0.2) is 26.9 Å². The fourth-order valence-corrected chi connectivity index (χ4v) is 1.71. The van der Waals surface area contributed by atoms with Gasteiger partial charge in [0, 0.05) is 7.05 Å². The van der Waals surface area contributed by atoms with E-state index in [1.165, 1.54) is 7.05 Å². The lowest BCUT2D eigenvalue weighted by Crippen LogP contribution is -2.43. The molecule has 0 unspecified atom stereocenters. The maximum absolute atomic E-state index is 12.2. The second kappa shape index (κ2) is 5.52. The number of carbonyl (C=O) groups excluding carboxylic acids is 1. The third-order valence-corrected chi connectivity index (χ3v) is 2.61. The Balaban J connectivity index is 2.73. The van der Waals surface area contributed by atoms with Gasteiger partial charge in [-0.15, -0.1) is 0 Å². The molecule has 0 amide bonds. The summed E-state index contributed by atoms with van der Waals surface area (Å²) >= 11 is 0. The van der Waals surface area contributed by atoms with E-state index in [-0.39, 0.29) is 6.61 Å². The van der Waals surface area contributed by atoms with Gasteiger partial charge >= 0.3 is 11.7 Å². The molecule has 0 bridgehead atoms. The Morgan fingerprint density at radius 2 is 1.90 bits per heavy atom. The first-order chi connectivity index (χ1) is 9.56. The first-order valence-electron chi connectivity index (χ1n) is 5.99. The van der Waals surface area contributed by atoms with Crippen molar-refractivity contribution in [3.63, 3.8) is 0 Å². The third kappa shape index (κ3) is 2.37. The van der Waals surface area contributed by atoms with E-state index >= 15 is 0 Å². The summed E-state index contributed by atoms with van der Waals surface area (Å²) in [5.74, 6) is -0.849. The second-order valence-corrected chi connectivity index (χ2v) is 3.95. The molecule has 0 radical (unpaired) electrons. The van der Waals surface area contributed by atoms with Gasteiger partial charge in [0.25, 0.3) is 5.56 Å². The molecule has 1 heterocycles. The number of aromatic nitrogens is 3. The highest BCUT2D eigenvalue weighted by molar-refractivity contribution is 5.86. The van der Waals surface area contributed by atoms with Crippen LogP contribution in [-0.2, 0) is 11.8 Å². The van der Waals surface area contributed by atoms with E-state index in [4.69, 9.17) is 4.74 Å². The van der Waals surface area contributed by atoms with E-state index in [1.807, 2.05) is 0 Å². The van der Waals surface area contributed by atoms with Gasteiger partial charge in [-0.25, -0.2) is 18.8 Å². The zero-order valence-corrected chi connectivity index (χ0v) is 11.1. The monoisotopic (exact) mass is 275 g/mol. The molecule has 2 rings (SSSR count). The van der Waals surface area contributed by atoms with Crippen molar-refractivity contribution >= 4 is 5.97 Å². The van der Waals surface area contributed by atoms with Crippen LogP contribution in [0.2, 0.25) is 0 Å². The van der Waals surface area contributed by atoms with Crippen LogP contribution < -0.4 is 11.2 Å². The highest BCUT2D eigenvalue weighted by Crippen LogP contribution is 2.01. The Morgan fingerprint density at radius 1 is 1.25 bits per heavy atom. The van der Waals surface area contributed by atoms with E-state index < -0.39 is 22.9 Å². The molecule has 0 saturated carbocycles. The largest absolute Gasteiger partial charge is 0.461 e. The molecule has 0 aliphatic rings. The fraction of sp³-hybridized carbons (Fsp3) is 0.231. The van der Waals surface area contributed by atoms with Gasteiger partial charge in [0.15, 0.2) is 0 Å². The van der Waals surface area contributed by atoms with Gasteiger partial charge in [0.2, 0.25) is 5.69 Å². The highest BCUT2D eigenvalue weighted by atomic mass is 16.5. The Bertz CT molecular complexity index is 746. The van der Waals surface area contributed by atoms with Gasteiger partial charge in [-0.1, -0.05) is 18.2 Å². The van der Waals surface area contributed by atoms with Crippen LogP contribution in [0.15, 0.2) is 39.9 Å². The first kappa shape index (κ1) is 13.7. The Kier molecular flexibility index (Phi) is 3.79. The number of esters is 1. The molecule has 0 atom stereocenters. The Labute approximate surface area is 114 Å². The minimum absolute atomic E-state index is 0.119. The summed E-state index contributed by atoms with van der Waals surface area (Å²) in [5, 5.41) is 3.67. The predicted molar refractivity (Wildman–Crippen MR) is 71.0 cm³/mol. The summed E-state index contributed by atoms with van der Waals surface area (Å²) in [6.07, 6.45) is 0. The van der Waals surface area contributed by atoms with Crippen molar-refractivity contribution in [1.29, 1.82) is 0 Å². The molecule has 0 fully saturated rings. The summed E-state index contributed by atoms with van der Waals surface area (Å²) < 4.78 is 6.58. The number of para-hydroxylation sites is 1. The summed E-state index contributed by atoms with van der Waals surface area (Å²) in [6.45, 7) is 1.74. The molecule has 2 aromatic rings. The average molecular weight is 275 g/mol. The Hall–Kier alpha value is -2.70. The number of hydrogen-bond acceptors (Lipinski definition) is 5. The van der Waals surface area contributed by atoms with Gasteiger partial charge in [-0.3, -0.25) is 4.79 Å². The summed E-state index contributed by atoms with van der Waals surface area (Å²) in [4.78, 5) is 36.0. The van der Waals surface area contributed by atoms with Crippen molar-refractivity contribution in [2.24, 2.45) is 7.05 Å². The van der Waals surface area contributed by atoms with Crippen molar-refractivity contribution in [2.75, 3.05) is 6.61 Å². The van der Waals surface area contributed by atoms with E-state index in [0.717, 1.165) is 9.25 Å². The molecule has 0 N–H and O–H groups in total. The van der Waals surface area contributed by atoms with E-state index in [9.17, 15) is 14.4 Å². The number of hydrogen-bond donors (Lipinski definition) is 0. The van der Waals surface area contributed by atoms with Crippen LogP contribution in [0.1, 0.15) is 17.4 Å². The zero-order chi connectivity index (χ0) is 14.7. The molecule has 104 valence electrons. The average Bonchev–Trinajstić information content (AvgIpc) is 2.44. The molecule has 0 saturated heterocycles. The van der Waals surface area contributed by atoms with Crippen molar-refractivity contribution in [3.05, 3.63) is 56.9 Å². The molecule has 7 heteroatoms. The third-order valence-electron chi connectivity index (χ3n) is 2.61. The van der Waals surface area contributed by atoms with Gasteiger partial charge in [-0.05, 0) is 19.1 Å². The SMILES string of the molecule is CCOC(=O)c1nn(C)c(=O)n(-c2ccccc2)c1=O. The maximum atomic E-state index is 12.2. The van der Waals surface area contributed by atoms with E-state index in [0.29, 0.717) is 5.69 Å². The van der Waals surface area contributed by atoms with E-state index in [1.54, 1.807) is 37.3 Å². The number of nitrogens with zero attached hydrogens (tertiary/aromatic N) is 3. The standard InChI is InChI=1S/C13H13N3O4/c1-3-20-12(18)10-11(17)16(13(19)15(2)14-10)9-7-5-4-6-8-9/h4-8H,3H2,1-2H3. The van der Waals surface area contributed by atoms with Crippen molar-refractivity contribution in [3.8, 4) is 5.69 Å². The predicted octanol–water partition coefficient (Wildman–Crippen LogP) is 0.108. The first-order valence-corrected chi connectivity index (χ1v) is 5.99. The molecule has 0 aliphatic carbocycles. The molecular weight excluding hydrogens is 262 g/mol. The number of aryl methyl sites for hydroxylation is 1. The van der Waals surface area contributed by atoms with Gasteiger partial charge in [0.05, 0.1) is 12.3 Å². The molecular formula is C13H13N3O4. The highest BCUT2D eigenvalue weighted by Gasteiger charge is 2.20. The van der Waals surface area contributed by atoms with Crippen LogP contribution in [0, 0.1) is 0 Å². The topological polar surface area (TPSA) is 83.2 Å². The van der Waals surface area contributed by atoms with Crippen LogP contribution in [0.25, 0.3) is 5.69 Å². The second-order valence-electron chi connectivity index (χ2n) is 3.95. The summed E-state index contributed by atoms with van der Waals surface area (Å²) in [5.41, 5.74) is -1.48. The molecule has 1 aromatic carbocycles. The quantitative estimate of drug-likeness (QED) is 0.742. The zero-order valence-electron chi connectivity index (χ0n) is 11.1. The lowest BCUT2D eigenvalue weighted by molar-refractivity contribution is 0.0513. The van der Waals surface area contributed by atoms with Crippen molar-refractivity contribution in [2.45, 2.75) is 6.92 Å². The van der Waals surface area contributed by atoms with Crippen LogP contribution >= 0.6 is 0 Å². The van der Waals surface area contributed by atoms with Crippen LogP contribution in [0.4, 0.5) is 0 Å². The van der Waals surface area contributed by atoms with Crippen LogP contribution in [0.3, 0.4) is 0 Å². The van der Waals surface area contributed by atoms with Crippen molar-refractivity contribution < 1.29 is 9.53 Å².